The summed E-state index contributed by atoms with van der Waals surface area (Å²) < 4.78 is 0. The molecule has 1 unspecified atom stereocenters. The van der Waals surface area contributed by atoms with E-state index in [1.165, 1.54) is 0 Å². The molecule has 3 rings (SSSR count). The topological polar surface area (TPSA) is 66.1 Å². The maximum atomic E-state index is 5.14. The van der Waals surface area contributed by atoms with Crippen LogP contribution in [0, 0.1) is 0 Å². The number of aromatic amines is 2. The fourth-order valence-corrected chi connectivity index (χ4v) is 1.76. The molecule has 0 radical (unpaired) electrons. The molecule has 0 aromatic carbocycles. The van der Waals surface area contributed by atoms with Crippen LogP contribution in [0.25, 0.3) is 0 Å². The van der Waals surface area contributed by atoms with Crippen LogP contribution in [0.4, 0.5) is 0 Å². The van der Waals surface area contributed by atoms with Gasteiger partial charge in [0.25, 0.3) is 0 Å². The number of aromatic nitrogens is 3. The molecule has 1 atom stereocenters. The number of nitrogens with one attached hydrogen (secondary N) is 2. The molecule has 5 nitrogen and oxygen atoms in total. The highest BCUT2D eigenvalue weighted by molar-refractivity contribution is 6.03. The minimum atomic E-state index is 0.167. The summed E-state index contributed by atoms with van der Waals surface area (Å²) in [4.78, 5) is 8.31. The molecule has 0 bridgehead atoms. The van der Waals surface area contributed by atoms with Gasteiger partial charge in [0, 0.05) is 18.1 Å². The quantitative estimate of drug-likeness (QED) is 0.769. The van der Waals surface area contributed by atoms with E-state index in [2.05, 4.69) is 20.3 Å². The lowest BCUT2D eigenvalue weighted by atomic mass is 9.99. The second-order valence-electron chi connectivity index (χ2n) is 3.42. The summed E-state index contributed by atoms with van der Waals surface area (Å²) in [7, 11) is 0. The first-order valence-electron chi connectivity index (χ1n) is 4.78. The first kappa shape index (κ1) is 8.28. The van der Waals surface area contributed by atoms with E-state index in [9.17, 15) is 0 Å². The highest BCUT2D eigenvalue weighted by atomic mass is 16.6. The van der Waals surface area contributed by atoms with E-state index in [1.807, 2.05) is 24.4 Å². The van der Waals surface area contributed by atoms with Crippen LogP contribution in [0.3, 0.4) is 0 Å². The molecule has 0 saturated heterocycles. The normalized spacial score (nSPS) is 20.0. The van der Waals surface area contributed by atoms with Crippen molar-refractivity contribution in [2.45, 2.75) is 5.92 Å². The molecular weight excluding hydrogens is 192 g/mol. The van der Waals surface area contributed by atoms with Crippen molar-refractivity contribution in [2.75, 3.05) is 6.61 Å². The molecule has 2 aromatic heterocycles. The van der Waals surface area contributed by atoms with Crippen molar-refractivity contribution < 1.29 is 4.84 Å². The number of rotatable bonds is 2. The van der Waals surface area contributed by atoms with Crippen molar-refractivity contribution in [2.24, 2.45) is 5.16 Å². The molecule has 0 spiro atoms. The van der Waals surface area contributed by atoms with Gasteiger partial charge in [-0.15, -0.1) is 0 Å². The van der Waals surface area contributed by atoms with E-state index in [4.69, 9.17) is 4.84 Å². The molecule has 0 saturated carbocycles. The SMILES string of the molecule is c1c[nH]c(C2CON=C2c2ccn[nH]2)c1. The lowest BCUT2D eigenvalue weighted by Crippen LogP contribution is -2.13. The Labute approximate surface area is 86.1 Å². The average Bonchev–Trinajstić information content (AvgIpc) is 3.01. The molecule has 1 aliphatic rings. The minimum absolute atomic E-state index is 0.167. The summed E-state index contributed by atoms with van der Waals surface area (Å²) in [5.41, 5.74) is 2.92. The summed E-state index contributed by atoms with van der Waals surface area (Å²) in [6, 6.07) is 5.90. The Morgan fingerprint density at radius 2 is 2.40 bits per heavy atom. The van der Waals surface area contributed by atoms with Gasteiger partial charge in [0.05, 0.1) is 11.6 Å². The molecular formula is C10H10N4O. The molecule has 3 heterocycles. The Hall–Kier alpha value is -2.04. The molecule has 1 aliphatic heterocycles. The fraction of sp³-hybridized carbons (Fsp3) is 0.200. The van der Waals surface area contributed by atoms with Gasteiger partial charge in [-0.25, -0.2) is 0 Å². The van der Waals surface area contributed by atoms with Crippen LogP contribution in [0.15, 0.2) is 35.7 Å². The molecule has 0 amide bonds. The third-order valence-electron chi connectivity index (χ3n) is 2.51. The Morgan fingerprint density at radius 3 is 3.13 bits per heavy atom. The van der Waals surface area contributed by atoms with Crippen LogP contribution in [-0.2, 0) is 4.84 Å². The number of hydrogen-bond donors (Lipinski definition) is 2. The molecule has 15 heavy (non-hydrogen) atoms. The fourth-order valence-electron chi connectivity index (χ4n) is 1.76. The van der Waals surface area contributed by atoms with Crippen molar-refractivity contribution in [3.8, 4) is 0 Å². The van der Waals surface area contributed by atoms with E-state index < -0.39 is 0 Å². The van der Waals surface area contributed by atoms with E-state index in [0.29, 0.717) is 6.61 Å². The third kappa shape index (κ3) is 1.32. The van der Waals surface area contributed by atoms with Gasteiger partial charge < -0.3 is 9.82 Å². The molecule has 0 aliphatic carbocycles. The molecule has 2 aromatic rings. The standard InChI is InChI=1S/C10H10N4O/c1-2-8(11-4-1)7-6-15-14-10(7)9-3-5-12-13-9/h1-5,7,11H,6H2,(H,12,13). The zero-order valence-electron chi connectivity index (χ0n) is 7.97. The Bertz CT molecular complexity index is 458. The number of hydrogen-bond acceptors (Lipinski definition) is 3. The van der Waals surface area contributed by atoms with Crippen LogP contribution in [0.1, 0.15) is 17.3 Å². The van der Waals surface area contributed by atoms with E-state index in [0.717, 1.165) is 17.1 Å². The molecule has 5 heteroatoms. The monoisotopic (exact) mass is 202 g/mol. The summed E-state index contributed by atoms with van der Waals surface area (Å²) in [6.45, 7) is 0.578. The maximum absolute atomic E-state index is 5.14. The predicted octanol–water partition coefficient (Wildman–Crippen LogP) is 1.26. The van der Waals surface area contributed by atoms with Crippen LogP contribution >= 0.6 is 0 Å². The molecule has 76 valence electrons. The zero-order valence-corrected chi connectivity index (χ0v) is 7.97. The number of nitrogens with zero attached hydrogens (tertiary/aromatic N) is 2. The Balaban J connectivity index is 1.96. The maximum Gasteiger partial charge on any atom is 0.131 e. The zero-order chi connectivity index (χ0) is 10.1. The summed E-state index contributed by atoms with van der Waals surface area (Å²) in [5, 5.41) is 10.8. The highest BCUT2D eigenvalue weighted by Crippen LogP contribution is 2.24. The van der Waals surface area contributed by atoms with Crippen LogP contribution in [0.2, 0.25) is 0 Å². The van der Waals surface area contributed by atoms with Gasteiger partial charge in [-0.2, -0.15) is 5.10 Å². The third-order valence-corrected chi connectivity index (χ3v) is 2.51. The first-order valence-corrected chi connectivity index (χ1v) is 4.78. The summed E-state index contributed by atoms with van der Waals surface area (Å²) >= 11 is 0. The Morgan fingerprint density at radius 1 is 1.40 bits per heavy atom. The van der Waals surface area contributed by atoms with Gasteiger partial charge in [0.1, 0.15) is 12.3 Å². The highest BCUT2D eigenvalue weighted by Gasteiger charge is 2.27. The molecule has 0 fully saturated rings. The predicted molar refractivity (Wildman–Crippen MR) is 54.6 cm³/mol. The van der Waals surface area contributed by atoms with Crippen LogP contribution in [-0.4, -0.2) is 27.5 Å². The van der Waals surface area contributed by atoms with Crippen molar-refractivity contribution in [1.82, 2.24) is 15.2 Å². The van der Waals surface area contributed by atoms with Crippen molar-refractivity contribution in [3.05, 3.63) is 42.0 Å². The van der Waals surface area contributed by atoms with Crippen molar-refractivity contribution in [1.29, 1.82) is 0 Å². The lowest BCUT2D eigenvalue weighted by Gasteiger charge is -2.06. The van der Waals surface area contributed by atoms with Gasteiger partial charge in [0.15, 0.2) is 0 Å². The Kier molecular flexibility index (Phi) is 1.81. The largest absolute Gasteiger partial charge is 0.394 e. The van der Waals surface area contributed by atoms with E-state index >= 15 is 0 Å². The van der Waals surface area contributed by atoms with Crippen LogP contribution in [0.5, 0.6) is 0 Å². The smallest absolute Gasteiger partial charge is 0.131 e. The van der Waals surface area contributed by atoms with Gasteiger partial charge >= 0.3 is 0 Å². The number of oxime groups is 1. The van der Waals surface area contributed by atoms with E-state index in [1.54, 1.807) is 6.20 Å². The van der Waals surface area contributed by atoms with Gasteiger partial charge in [0.2, 0.25) is 0 Å². The second-order valence-corrected chi connectivity index (χ2v) is 3.42. The first-order chi connectivity index (χ1) is 7.45. The average molecular weight is 202 g/mol. The van der Waals surface area contributed by atoms with Crippen LogP contribution < -0.4 is 0 Å². The molecule has 2 N–H and O–H groups in total. The lowest BCUT2D eigenvalue weighted by molar-refractivity contribution is 0.166. The van der Waals surface area contributed by atoms with Gasteiger partial charge in [-0.05, 0) is 18.2 Å². The number of H-pyrrole nitrogens is 2. The van der Waals surface area contributed by atoms with Gasteiger partial charge in [-0.1, -0.05) is 5.16 Å². The van der Waals surface area contributed by atoms with Crippen molar-refractivity contribution in [3.63, 3.8) is 0 Å². The van der Waals surface area contributed by atoms with E-state index in [-0.39, 0.29) is 5.92 Å². The summed E-state index contributed by atoms with van der Waals surface area (Å²) in [6.07, 6.45) is 3.61. The minimum Gasteiger partial charge on any atom is -0.394 e. The summed E-state index contributed by atoms with van der Waals surface area (Å²) in [5.74, 6) is 0.167. The van der Waals surface area contributed by atoms with Crippen molar-refractivity contribution >= 4 is 5.71 Å². The van der Waals surface area contributed by atoms with Gasteiger partial charge in [-0.3, -0.25) is 5.10 Å². The second kappa shape index (κ2) is 3.27.